The molecule has 0 heterocycles. The van der Waals surface area contributed by atoms with Crippen molar-refractivity contribution < 1.29 is 38.1 Å². The lowest BCUT2D eigenvalue weighted by Crippen LogP contribution is -2.43. The zero-order valence-electron chi connectivity index (χ0n) is 30.6. The Morgan fingerprint density at radius 2 is 1.02 bits per heavy atom. The maximum absolute atomic E-state index is 12.3. The third-order valence-corrected chi connectivity index (χ3v) is 7.03. The topological polar surface area (TPSA) is 159 Å². The molecular weight excluding hydrogens is 652 g/mol. The fraction of sp³-hybridized carbons (Fsp3) is 0.308. The van der Waals surface area contributed by atoms with E-state index in [1.54, 1.807) is 97.4 Å². The number of aryl methyl sites for hydroxylation is 2. The number of carbonyl (C=O) groups excluding carboxylic acids is 3. The molecule has 0 fully saturated rings. The molecule has 272 valence electrons. The molecule has 51 heavy (non-hydrogen) atoms. The summed E-state index contributed by atoms with van der Waals surface area (Å²) in [5.74, 6) is 3.59. The van der Waals surface area contributed by atoms with E-state index in [2.05, 4.69) is 16.0 Å². The number of benzene rings is 4. The predicted molar refractivity (Wildman–Crippen MR) is 198 cm³/mol. The standard InChI is InChI=1S/C22H28N2O5.C17H20N2O3/c1-14-7-10-18(27-6)13-19(14)28-17-11-8-16(9-12-17)24-20(25)15(2)23-21(26)29-22(3,4)5;1-11-4-7-15(21-3)10-16(11)22-14-8-5-13(6-9-14)19-17(20)12(2)18/h7-13,15H,1-6H3,(H,23,26)(H,24,25);4-10,12H,18H2,1-3H3,(H,19,20)/t15-;12-/m11/s1. The number of hydrogen-bond donors (Lipinski definition) is 4. The lowest BCUT2D eigenvalue weighted by molar-refractivity contribution is -0.118. The van der Waals surface area contributed by atoms with Crippen molar-refractivity contribution in [3.05, 3.63) is 96.1 Å². The lowest BCUT2D eigenvalue weighted by atomic mass is 10.2. The summed E-state index contributed by atoms with van der Waals surface area (Å²) < 4.78 is 27.3. The number of rotatable bonds is 11. The van der Waals surface area contributed by atoms with Crippen LogP contribution in [-0.4, -0.2) is 49.8 Å². The zero-order chi connectivity index (χ0) is 37.7. The summed E-state index contributed by atoms with van der Waals surface area (Å²) in [7, 11) is 3.22. The highest BCUT2D eigenvalue weighted by atomic mass is 16.6. The molecular formula is C39H48N4O8. The molecule has 12 heteroatoms. The Hall–Kier alpha value is -5.75. The van der Waals surface area contributed by atoms with Gasteiger partial charge in [0.2, 0.25) is 11.8 Å². The minimum Gasteiger partial charge on any atom is -0.497 e. The van der Waals surface area contributed by atoms with Gasteiger partial charge in [-0.25, -0.2) is 4.79 Å². The molecule has 2 atom stereocenters. The molecule has 0 spiro atoms. The molecule has 4 rings (SSSR count). The van der Waals surface area contributed by atoms with E-state index in [1.165, 1.54) is 0 Å². The van der Waals surface area contributed by atoms with Crippen LogP contribution in [0.25, 0.3) is 0 Å². The number of amides is 3. The third-order valence-electron chi connectivity index (χ3n) is 7.03. The zero-order valence-corrected chi connectivity index (χ0v) is 30.6. The fourth-order valence-corrected chi connectivity index (χ4v) is 4.16. The van der Waals surface area contributed by atoms with Gasteiger partial charge in [-0.3, -0.25) is 9.59 Å². The molecule has 0 radical (unpaired) electrons. The highest BCUT2D eigenvalue weighted by Gasteiger charge is 2.21. The highest BCUT2D eigenvalue weighted by Crippen LogP contribution is 2.31. The van der Waals surface area contributed by atoms with Gasteiger partial charge in [-0.15, -0.1) is 0 Å². The van der Waals surface area contributed by atoms with Crippen molar-refractivity contribution in [2.45, 2.75) is 66.2 Å². The summed E-state index contributed by atoms with van der Waals surface area (Å²) in [6.45, 7) is 12.4. The minimum absolute atomic E-state index is 0.225. The summed E-state index contributed by atoms with van der Waals surface area (Å²) in [5, 5.41) is 7.98. The van der Waals surface area contributed by atoms with Gasteiger partial charge in [-0.1, -0.05) is 12.1 Å². The van der Waals surface area contributed by atoms with Crippen LogP contribution in [0.4, 0.5) is 16.2 Å². The van der Waals surface area contributed by atoms with E-state index in [4.69, 9.17) is 29.4 Å². The van der Waals surface area contributed by atoms with Crippen LogP contribution in [0.2, 0.25) is 0 Å². The van der Waals surface area contributed by atoms with Gasteiger partial charge in [0, 0.05) is 23.5 Å². The molecule has 5 N–H and O–H groups in total. The van der Waals surface area contributed by atoms with Crippen LogP contribution in [0.5, 0.6) is 34.5 Å². The summed E-state index contributed by atoms with van der Waals surface area (Å²) in [6.07, 6.45) is -0.641. The van der Waals surface area contributed by atoms with Crippen LogP contribution in [-0.2, 0) is 14.3 Å². The normalized spacial score (nSPS) is 11.8. The number of nitrogens with two attached hydrogens (primary N) is 1. The van der Waals surface area contributed by atoms with Gasteiger partial charge in [-0.05, 0) is 120 Å². The van der Waals surface area contributed by atoms with E-state index in [9.17, 15) is 14.4 Å². The van der Waals surface area contributed by atoms with Crippen molar-refractivity contribution in [1.29, 1.82) is 0 Å². The second-order valence-corrected chi connectivity index (χ2v) is 12.7. The molecule has 0 saturated heterocycles. The van der Waals surface area contributed by atoms with E-state index in [0.29, 0.717) is 34.4 Å². The molecule has 0 bridgehead atoms. The molecule has 4 aromatic carbocycles. The van der Waals surface area contributed by atoms with E-state index in [1.807, 2.05) is 50.2 Å². The molecule has 0 aliphatic rings. The van der Waals surface area contributed by atoms with Crippen LogP contribution in [0.3, 0.4) is 0 Å². The Kier molecular flexibility index (Phi) is 14.2. The van der Waals surface area contributed by atoms with Gasteiger partial charge < -0.3 is 45.4 Å². The molecule has 0 unspecified atom stereocenters. The monoisotopic (exact) mass is 700 g/mol. The smallest absolute Gasteiger partial charge is 0.408 e. The van der Waals surface area contributed by atoms with Gasteiger partial charge in [0.1, 0.15) is 46.1 Å². The van der Waals surface area contributed by atoms with Crippen LogP contribution in [0.1, 0.15) is 45.7 Å². The van der Waals surface area contributed by atoms with Gasteiger partial charge in [-0.2, -0.15) is 0 Å². The van der Waals surface area contributed by atoms with E-state index in [0.717, 1.165) is 22.6 Å². The average molecular weight is 701 g/mol. The second kappa shape index (κ2) is 18.3. The first-order chi connectivity index (χ1) is 24.1. The lowest BCUT2D eigenvalue weighted by Gasteiger charge is -2.21. The number of carbonyl (C=O) groups is 3. The second-order valence-electron chi connectivity index (χ2n) is 12.7. The molecule has 0 aliphatic heterocycles. The van der Waals surface area contributed by atoms with Gasteiger partial charge in [0.15, 0.2) is 0 Å². The van der Waals surface area contributed by atoms with Crippen LogP contribution in [0, 0.1) is 13.8 Å². The van der Waals surface area contributed by atoms with Crippen molar-refractivity contribution >= 4 is 29.3 Å². The summed E-state index contributed by atoms with van der Waals surface area (Å²) in [4.78, 5) is 35.6. The Morgan fingerprint density at radius 1 is 0.627 bits per heavy atom. The molecule has 12 nitrogen and oxygen atoms in total. The van der Waals surface area contributed by atoms with Crippen LogP contribution < -0.4 is 40.6 Å². The first-order valence-corrected chi connectivity index (χ1v) is 16.3. The first kappa shape index (κ1) is 39.7. The van der Waals surface area contributed by atoms with Gasteiger partial charge in [0.25, 0.3) is 0 Å². The van der Waals surface area contributed by atoms with Crippen molar-refractivity contribution in [3.8, 4) is 34.5 Å². The molecule has 4 aromatic rings. The minimum atomic E-state index is -0.750. The van der Waals surface area contributed by atoms with E-state index < -0.39 is 23.8 Å². The van der Waals surface area contributed by atoms with E-state index >= 15 is 0 Å². The van der Waals surface area contributed by atoms with Crippen molar-refractivity contribution in [3.63, 3.8) is 0 Å². The number of ether oxygens (including phenoxy) is 5. The average Bonchev–Trinajstić information content (AvgIpc) is 3.07. The maximum Gasteiger partial charge on any atom is 0.408 e. The Bertz CT molecular complexity index is 1770. The van der Waals surface area contributed by atoms with Crippen molar-refractivity contribution in [2.24, 2.45) is 5.73 Å². The van der Waals surface area contributed by atoms with Crippen molar-refractivity contribution in [2.75, 3.05) is 24.9 Å². The Balaban J connectivity index is 0.000000286. The van der Waals surface area contributed by atoms with Gasteiger partial charge in [0.05, 0.1) is 20.3 Å². The number of anilines is 2. The quantitative estimate of drug-likeness (QED) is 0.123. The van der Waals surface area contributed by atoms with Gasteiger partial charge >= 0.3 is 6.09 Å². The molecule has 0 aromatic heterocycles. The largest absolute Gasteiger partial charge is 0.497 e. The van der Waals surface area contributed by atoms with E-state index in [-0.39, 0.29) is 11.8 Å². The Labute approximate surface area is 299 Å². The third kappa shape index (κ3) is 13.2. The first-order valence-electron chi connectivity index (χ1n) is 16.3. The SMILES string of the molecule is COc1ccc(C)c(Oc2ccc(NC(=O)[C@@H](C)N)cc2)c1.COc1ccc(C)c(Oc2ccc(NC(=O)[C@@H](C)NC(=O)OC(C)(C)C)cc2)c1. The summed E-state index contributed by atoms with van der Waals surface area (Å²) >= 11 is 0. The molecule has 0 saturated carbocycles. The Morgan fingerprint density at radius 3 is 1.39 bits per heavy atom. The summed E-state index contributed by atoms with van der Waals surface area (Å²) in [6, 6.07) is 24.0. The van der Waals surface area contributed by atoms with Crippen LogP contribution in [0.15, 0.2) is 84.9 Å². The summed E-state index contributed by atoms with van der Waals surface area (Å²) in [5.41, 5.74) is 8.13. The van der Waals surface area contributed by atoms with Crippen molar-refractivity contribution in [1.82, 2.24) is 5.32 Å². The fourth-order valence-electron chi connectivity index (χ4n) is 4.16. The molecule has 3 amide bonds. The molecule has 0 aliphatic carbocycles. The number of hydrogen-bond acceptors (Lipinski definition) is 9. The number of alkyl carbamates (subject to hydrolysis) is 1. The highest BCUT2D eigenvalue weighted by molar-refractivity contribution is 5.96. The maximum atomic E-state index is 12.3. The van der Waals surface area contributed by atoms with Crippen LogP contribution >= 0.6 is 0 Å². The number of methoxy groups -OCH3 is 2. The predicted octanol–water partition coefficient (Wildman–Crippen LogP) is 7.73. The number of nitrogens with one attached hydrogen (secondary N) is 3.